The van der Waals surface area contributed by atoms with Gasteiger partial charge >= 0.3 is 11.8 Å². The first-order valence-corrected chi connectivity index (χ1v) is 10.4. The number of quaternary nitrogens is 1. The molecular weight excluding hydrogens is 354 g/mol. The molecule has 2 heterocycles. The maximum absolute atomic E-state index is 13.4. The van der Waals surface area contributed by atoms with Gasteiger partial charge in [-0.2, -0.15) is 0 Å². The lowest BCUT2D eigenvalue weighted by atomic mass is 9.95. The van der Waals surface area contributed by atoms with Crippen LogP contribution in [0.4, 0.5) is 0 Å². The predicted octanol–water partition coefficient (Wildman–Crippen LogP) is 2.75. The molecule has 1 aromatic carbocycles. The van der Waals surface area contributed by atoms with Gasteiger partial charge in [-0.05, 0) is 25.0 Å². The molecule has 2 fully saturated rings. The Labute approximate surface area is 165 Å². The molecule has 28 heavy (non-hydrogen) atoms. The Bertz CT molecular complexity index is 870. The number of para-hydroxylation sites is 1. The highest BCUT2D eigenvalue weighted by atomic mass is 16.3. The van der Waals surface area contributed by atoms with Crippen LogP contribution < -0.4 is 5.32 Å². The summed E-state index contributed by atoms with van der Waals surface area (Å²) in [5, 5.41) is 14.9. The molecule has 1 saturated carbocycles. The van der Waals surface area contributed by atoms with Crippen molar-refractivity contribution in [3.05, 3.63) is 42.1 Å². The topological polar surface area (TPSA) is 79.3 Å². The normalized spacial score (nSPS) is 20.8. The fraction of sp³-hybridized carbons (Fsp3) is 0.500. The second-order valence-corrected chi connectivity index (χ2v) is 8.10. The maximum Gasteiger partial charge on any atom is 0.366 e. The van der Waals surface area contributed by atoms with E-state index in [1.807, 2.05) is 30.3 Å². The van der Waals surface area contributed by atoms with Crippen LogP contribution in [0, 0.1) is 0 Å². The number of pyridine rings is 1. The number of carbonyl (C=O) groups is 2. The average molecular weight is 382 g/mol. The van der Waals surface area contributed by atoms with E-state index in [0.29, 0.717) is 18.8 Å². The Hall–Kier alpha value is -2.31. The molecule has 1 aliphatic carbocycles. The third-order valence-electron chi connectivity index (χ3n) is 6.24. The minimum atomic E-state index is -1.38. The van der Waals surface area contributed by atoms with E-state index in [-0.39, 0.29) is 16.4 Å². The second-order valence-electron chi connectivity index (χ2n) is 8.10. The lowest BCUT2D eigenvalue weighted by Gasteiger charge is -2.35. The summed E-state index contributed by atoms with van der Waals surface area (Å²) in [5.41, 5.74) is 1.05. The first kappa shape index (κ1) is 19.0. The number of hydrogen-bond donors (Lipinski definition) is 2. The second kappa shape index (κ2) is 7.97. The highest BCUT2D eigenvalue weighted by molar-refractivity contribution is 5.92. The Morgan fingerprint density at radius 3 is 2.46 bits per heavy atom. The fourth-order valence-corrected chi connectivity index (χ4v) is 4.62. The minimum absolute atomic E-state index is 0.104. The standard InChI is InChI=1S/C22H27N3O3/c26-20(23-17-9-2-1-3-10-17)22(28)25(14-6-7-15-25)21(27)19-13-12-16-8-4-5-11-18(16)24-19/h4-5,8,11-13,17,22,28H,1-3,6-7,9-10,14-15H2/p+1. The summed E-state index contributed by atoms with van der Waals surface area (Å²) in [4.78, 5) is 30.7. The summed E-state index contributed by atoms with van der Waals surface area (Å²) in [6.45, 7) is 0.930. The van der Waals surface area contributed by atoms with Crippen molar-refractivity contribution in [1.29, 1.82) is 0 Å². The van der Waals surface area contributed by atoms with Gasteiger partial charge in [0.2, 0.25) is 0 Å². The van der Waals surface area contributed by atoms with Crippen molar-refractivity contribution in [2.45, 2.75) is 57.2 Å². The Morgan fingerprint density at radius 2 is 1.71 bits per heavy atom. The predicted molar refractivity (Wildman–Crippen MR) is 106 cm³/mol. The molecule has 1 aromatic heterocycles. The number of amides is 2. The van der Waals surface area contributed by atoms with E-state index in [1.165, 1.54) is 6.42 Å². The zero-order valence-electron chi connectivity index (χ0n) is 16.1. The lowest BCUT2D eigenvalue weighted by Crippen LogP contribution is -2.63. The smallest absolute Gasteiger partial charge is 0.346 e. The molecule has 0 spiro atoms. The number of fused-ring (bicyclic) bond motifs is 1. The third-order valence-corrected chi connectivity index (χ3v) is 6.24. The van der Waals surface area contributed by atoms with Gasteiger partial charge in [-0.15, -0.1) is 0 Å². The van der Waals surface area contributed by atoms with Crippen molar-refractivity contribution < 1.29 is 19.2 Å². The van der Waals surface area contributed by atoms with Crippen molar-refractivity contribution in [1.82, 2.24) is 10.3 Å². The number of carbonyl (C=O) groups excluding carboxylic acids is 2. The number of hydrogen-bond acceptors (Lipinski definition) is 4. The zero-order valence-corrected chi connectivity index (χ0v) is 16.1. The van der Waals surface area contributed by atoms with Gasteiger partial charge in [0.1, 0.15) is 0 Å². The van der Waals surface area contributed by atoms with Gasteiger partial charge in [0.05, 0.1) is 18.6 Å². The van der Waals surface area contributed by atoms with Crippen LogP contribution in [0.3, 0.4) is 0 Å². The molecular formula is C22H28N3O3+. The highest BCUT2D eigenvalue weighted by Crippen LogP contribution is 2.27. The molecule has 4 rings (SSSR count). The number of benzene rings is 1. The van der Waals surface area contributed by atoms with Crippen LogP contribution >= 0.6 is 0 Å². The van der Waals surface area contributed by atoms with E-state index >= 15 is 0 Å². The molecule has 148 valence electrons. The van der Waals surface area contributed by atoms with Gasteiger partial charge in [-0.1, -0.05) is 43.5 Å². The van der Waals surface area contributed by atoms with Crippen LogP contribution in [0.2, 0.25) is 0 Å². The Morgan fingerprint density at radius 1 is 1.00 bits per heavy atom. The van der Waals surface area contributed by atoms with E-state index in [4.69, 9.17) is 0 Å². The van der Waals surface area contributed by atoms with Crippen LogP contribution in [0.5, 0.6) is 0 Å². The number of rotatable bonds is 4. The zero-order chi connectivity index (χ0) is 19.6. The van der Waals surface area contributed by atoms with E-state index in [9.17, 15) is 14.7 Å². The first-order chi connectivity index (χ1) is 13.6. The third kappa shape index (κ3) is 3.54. The maximum atomic E-state index is 13.4. The van der Waals surface area contributed by atoms with Gasteiger partial charge in [0.15, 0.2) is 5.69 Å². The van der Waals surface area contributed by atoms with Crippen molar-refractivity contribution in [3.8, 4) is 0 Å². The molecule has 0 bridgehead atoms. The molecule has 6 heteroatoms. The average Bonchev–Trinajstić information content (AvgIpc) is 3.24. The number of aromatic nitrogens is 1. The van der Waals surface area contributed by atoms with E-state index in [2.05, 4.69) is 10.3 Å². The number of aliphatic hydroxyl groups excluding tert-OH is 1. The first-order valence-electron chi connectivity index (χ1n) is 10.4. The van der Waals surface area contributed by atoms with Gasteiger partial charge < -0.3 is 10.4 Å². The molecule has 2 N–H and O–H groups in total. The van der Waals surface area contributed by atoms with Crippen LogP contribution in [0.15, 0.2) is 36.4 Å². The van der Waals surface area contributed by atoms with Crippen molar-refractivity contribution in [2.24, 2.45) is 0 Å². The summed E-state index contributed by atoms with van der Waals surface area (Å²) in [5.74, 6) is -0.697. The molecule has 2 aromatic rings. The lowest BCUT2D eigenvalue weighted by molar-refractivity contribution is -0.875. The fourth-order valence-electron chi connectivity index (χ4n) is 4.62. The van der Waals surface area contributed by atoms with Gasteiger partial charge in [-0.3, -0.25) is 4.79 Å². The molecule has 2 amide bonds. The monoisotopic (exact) mass is 382 g/mol. The van der Waals surface area contributed by atoms with Crippen LogP contribution in [-0.4, -0.2) is 51.7 Å². The SMILES string of the molecule is O=C(NC1CCCCC1)C(O)[N+]1(C(=O)c2ccc3ccccc3n2)CCCC1. The summed E-state index contributed by atoms with van der Waals surface area (Å²) < 4.78 is -0.246. The molecule has 1 atom stereocenters. The summed E-state index contributed by atoms with van der Waals surface area (Å²) in [6, 6.07) is 11.3. The van der Waals surface area contributed by atoms with Crippen molar-refractivity contribution >= 4 is 22.7 Å². The van der Waals surface area contributed by atoms with E-state index < -0.39 is 12.1 Å². The molecule has 1 unspecified atom stereocenters. The minimum Gasteiger partial charge on any atom is -0.346 e. The molecule has 6 nitrogen and oxygen atoms in total. The highest BCUT2D eigenvalue weighted by Gasteiger charge is 2.50. The molecule has 1 saturated heterocycles. The van der Waals surface area contributed by atoms with Gasteiger partial charge in [-0.25, -0.2) is 14.3 Å². The number of aliphatic hydroxyl groups is 1. The van der Waals surface area contributed by atoms with Crippen molar-refractivity contribution in [2.75, 3.05) is 13.1 Å². The largest absolute Gasteiger partial charge is 0.366 e. The van der Waals surface area contributed by atoms with Gasteiger partial charge in [0.25, 0.3) is 6.23 Å². The van der Waals surface area contributed by atoms with Gasteiger partial charge in [0, 0.05) is 24.3 Å². The van der Waals surface area contributed by atoms with Crippen molar-refractivity contribution in [3.63, 3.8) is 0 Å². The van der Waals surface area contributed by atoms with E-state index in [0.717, 1.165) is 49.4 Å². The summed E-state index contributed by atoms with van der Waals surface area (Å²) >= 11 is 0. The molecule has 1 aliphatic heterocycles. The Balaban J connectivity index is 1.58. The quantitative estimate of drug-likeness (QED) is 0.797. The summed E-state index contributed by atoms with van der Waals surface area (Å²) in [6.07, 6.45) is 5.52. The van der Waals surface area contributed by atoms with Crippen LogP contribution in [-0.2, 0) is 4.79 Å². The number of likely N-dealkylation sites (tertiary alicyclic amines) is 1. The Kier molecular flexibility index (Phi) is 5.42. The molecule has 2 aliphatic rings. The molecule has 0 radical (unpaired) electrons. The number of nitrogens with zero attached hydrogens (tertiary/aromatic N) is 2. The number of nitrogens with one attached hydrogen (secondary N) is 1. The van der Waals surface area contributed by atoms with Crippen LogP contribution in [0.25, 0.3) is 10.9 Å². The van der Waals surface area contributed by atoms with Crippen LogP contribution in [0.1, 0.15) is 55.4 Å². The van der Waals surface area contributed by atoms with E-state index in [1.54, 1.807) is 6.07 Å². The summed E-state index contributed by atoms with van der Waals surface area (Å²) in [7, 11) is 0.